The molecule has 1 aliphatic heterocycles. The third-order valence-corrected chi connectivity index (χ3v) is 1.63. The minimum Gasteiger partial charge on any atom is -0.439 e. The molecule has 0 bridgehead atoms. The van der Waals surface area contributed by atoms with Gasteiger partial charge in [-0.3, -0.25) is 10.1 Å². The molecule has 5 heteroatoms. The van der Waals surface area contributed by atoms with Crippen LogP contribution in [0, 0.1) is 0 Å². The molecular formula is C7H7NO3S. The summed E-state index contributed by atoms with van der Waals surface area (Å²) in [5.41, 5.74) is 0. The predicted octanol–water partition coefficient (Wildman–Crippen LogP) is 1.00. The lowest BCUT2D eigenvalue weighted by molar-refractivity contribution is -0.119. The van der Waals surface area contributed by atoms with Crippen molar-refractivity contribution in [3.8, 4) is 0 Å². The van der Waals surface area contributed by atoms with E-state index in [1.165, 1.54) is 0 Å². The highest BCUT2D eigenvalue weighted by Gasteiger charge is 2.17. The first-order valence-electron chi connectivity index (χ1n) is 3.23. The molecule has 0 spiro atoms. The molecule has 0 aromatic carbocycles. The monoisotopic (exact) mass is 185 g/mol. The van der Waals surface area contributed by atoms with Crippen LogP contribution in [0.5, 0.6) is 0 Å². The normalized spacial score (nSPS) is 14.3. The highest BCUT2D eigenvalue weighted by Crippen LogP contribution is 1.91. The van der Waals surface area contributed by atoms with Crippen molar-refractivity contribution in [2.75, 3.05) is 6.61 Å². The molecule has 12 heavy (non-hydrogen) atoms. The molecule has 0 aliphatic carbocycles. The molecule has 1 saturated heterocycles. The standard InChI is InChI=1S/C4H4S.C3H3NO3/c1-2-4-5-3-1;5-2-1-7-3(6)4-2/h1-4H;1H2,(H,4,5,6). The van der Waals surface area contributed by atoms with Crippen LogP contribution in [0.3, 0.4) is 0 Å². The van der Waals surface area contributed by atoms with E-state index in [0.29, 0.717) is 0 Å². The van der Waals surface area contributed by atoms with E-state index < -0.39 is 6.09 Å². The summed E-state index contributed by atoms with van der Waals surface area (Å²) in [6, 6.07) is 4.04. The molecule has 0 radical (unpaired) electrons. The van der Waals surface area contributed by atoms with E-state index in [1.54, 1.807) is 11.3 Å². The van der Waals surface area contributed by atoms with Gasteiger partial charge in [0.15, 0.2) is 6.61 Å². The van der Waals surface area contributed by atoms with Gasteiger partial charge in [-0.1, -0.05) is 12.1 Å². The molecule has 1 fully saturated rings. The van der Waals surface area contributed by atoms with Gasteiger partial charge in [-0.25, -0.2) is 4.79 Å². The van der Waals surface area contributed by atoms with Gasteiger partial charge in [0.05, 0.1) is 0 Å². The lowest BCUT2D eigenvalue weighted by Gasteiger charge is -1.78. The van der Waals surface area contributed by atoms with Gasteiger partial charge in [-0.2, -0.15) is 11.3 Å². The zero-order valence-corrected chi connectivity index (χ0v) is 6.97. The number of imide groups is 1. The SMILES string of the molecule is O=C1COC(=O)N1.c1ccsc1. The molecule has 0 unspecified atom stereocenters. The van der Waals surface area contributed by atoms with Crippen LogP contribution >= 0.6 is 11.3 Å². The second-order valence-electron chi connectivity index (χ2n) is 1.92. The maximum atomic E-state index is 10.00. The van der Waals surface area contributed by atoms with E-state index in [4.69, 9.17) is 0 Å². The number of alkyl carbamates (subject to hydrolysis) is 1. The number of nitrogens with one attached hydrogen (secondary N) is 1. The van der Waals surface area contributed by atoms with E-state index in [1.807, 2.05) is 28.2 Å². The Kier molecular flexibility index (Phi) is 3.28. The molecule has 1 aromatic rings. The number of hydrogen-bond acceptors (Lipinski definition) is 4. The number of amides is 2. The summed E-state index contributed by atoms with van der Waals surface area (Å²) >= 11 is 1.71. The third kappa shape index (κ3) is 3.16. The van der Waals surface area contributed by atoms with E-state index >= 15 is 0 Å². The highest BCUT2D eigenvalue weighted by molar-refractivity contribution is 7.07. The summed E-state index contributed by atoms with van der Waals surface area (Å²) in [7, 11) is 0. The Hall–Kier alpha value is -1.36. The second kappa shape index (κ2) is 4.50. The zero-order valence-electron chi connectivity index (χ0n) is 6.15. The molecule has 64 valence electrons. The Labute approximate surface area is 73.2 Å². The van der Waals surface area contributed by atoms with E-state index in [9.17, 15) is 9.59 Å². The van der Waals surface area contributed by atoms with Crippen LogP contribution in [0.15, 0.2) is 22.9 Å². The second-order valence-corrected chi connectivity index (χ2v) is 2.73. The number of rotatable bonds is 0. The molecule has 2 heterocycles. The summed E-state index contributed by atoms with van der Waals surface area (Å²) in [6.45, 7) is -0.126. The first kappa shape index (κ1) is 8.73. The van der Waals surface area contributed by atoms with Crippen molar-refractivity contribution < 1.29 is 14.3 Å². The van der Waals surface area contributed by atoms with Crippen LogP contribution < -0.4 is 5.32 Å². The molecule has 2 rings (SSSR count). The molecule has 1 aliphatic rings. The molecule has 1 N–H and O–H groups in total. The highest BCUT2D eigenvalue weighted by atomic mass is 32.1. The van der Waals surface area contributed by atoms with Crippen LogP contribution in [0.25, 0.3) is 0 Å². The average Bonchev–Trinajstić information content (AvgIpc) is 2.63. The van der Waals surface area contributed by atoms with Gasteiger partial charge in [0.25, 0.3) is 5.91 Å². The summed E-state index contributed by atoms with van der Waals surface area (Å²) in [6.07, 6.45) is -0.648. The van der Waals surface area contributed by atoms with Crippen LogP contribution in [-0.2, 0) is 9.53 Å². The van der Waals surface area contributed by atoms with Crippen molar-refractivity contribution in [2.24, 2.45) is 0 Å². The van der Waals surface area contributed by atoms with Gasteiger partial charge < -0.3 is 4.74 Å². The molecular weight excluding hydrogens is 178 g/mol. The quantitative estimate of drug-likeness (QED) is 0.656. The fourth-order valence-corrected chi connectivity index (χ4v) is 0.998. The fraction of sp³-hybridized carbons (Fsp3) is 0.143. The molecule has 2 amide bonds. The van der Waals surface area contributed by atoms with Gasteiger partial charge in [0.1, 0.15) is 0 Å². The van der Waals surface area contributed by atoms with Crippen molar-refractivity contribution in [3.05, 3.63) is 22.9 Å². The Bertz CT molecular complexity index is 226. The first-order chi connectivity index (χ1) is 5.79. The van der Waals surface area contributed by atoms with Crippen molar-refractivity contribution >= 4 is 23.3 Å². The van der Waals surface area contributed by atoms with Gasteiger partial charge in [0.2, 0.25) is 0 Å². The van der Waals surface area contributed by atoms with Crippen LogP contribution in [0.2, 0.25) is 0 Å². The Morgan fingerprint density at radius 2 is 2.00 bits per heavy atom. The van der Waals surface area contributed by atoms with Gasteiger partial charge >= 0.3 is 6.09 Å². The molecule has 0 saturated carbocycles. The summed E-state index contributed by atoms with van der Waals surface area (Å²) < 4.78 is 4.17. The fourth-order valence-electron chi connectivity index (χ4n) is 0.544. The van der Waals surface area contributed by atoms with Crippen molar-refractivity contribution in [3.63, 3.8) is 0 Å². The van der Waals surface area contributed by atoms with E-state index in [-0.39, 0.29) is 12.5 Å². The summed E-state index contributed by atoms with van der Waals surface area (Å²) in [5, 5.41) is 6.00. The summed E-state index contributed by atoms with van der Waals surface area (Å²) in [4.78, 5) is 19.9. The maximum Gasteiger partial charge on any atom is 0.414 e. The Morgan fingerprint density at radius 3 is 2.17 bits per heavy atom. The van der Waals surface area contributed by atoms with Gasteiger partial charge in [-0.15, -0.1) is 0 Å². The lowest BCUT2D eigenvalue weighted by Crippen LogP contribution is -2.18. The van der Waals surface area contributed by atoms with Crippen LogP contribution in [-0.4, -0.2) is 18.6 Å². The number of carbonyl (C=O) groups is 2. The number of thiophene rings is 1. The predicted molar refractivity (Wildman–Crippen MR) is 43.8 cm³/mol. The third-order valence-electron chi connectivity index (χ3n) is 1.00. The maximum absolute atomic E-state index is 10.00. The Balaban J connectivity index is 0.000000127. The zero-order chi connectivity index (χ0) is 8.81. The first-order valence-corrected chi connectivity index (χ1v) is 4.17. The largest absolute Gasteiger partial charge is 0.439 e. The minimum absolute atomic E-state index is 0.126. The Morgan fingerprint density at radius 1 is 1.33 bits per heavy atom. The van der Waals surface area contributed by atoms with E-state index in [0.717, 1.165) is 0 Å². The topological polar surface area (TPSA) is 55.4 Å². The lowest BCUT2D eigenvalue weighted by atomic mass is 10.7. The van der Waals surface area contributed by atoms with Gasteiger partial charge in [0, 0.05) is 0 Å². The van der Waals surface area contributed by atoms with E-state index in [2.05, 4.69) is 4.74 Å². The number of hydrogen-bond donors (Lipinski definition) is 1. The molecule has 0 atom stereocenters. The molecule has 4 nitrogen and oxygen atoms in total. The number of carbonyl (C=O) groups excluding carboxylic acids is 2. The van der Waals surface area contributed by atoms with Crippen molar-refractivity contribution in [1.82, 2.24) is 5.32 Å². The number of ether oxygens (including phenoxy) is 1. The van der Waals surface area contributed by atoms with Crippen LogP contribution in [0.1, 0.15) is 0 Å². The van der Waals surface area contributed by atoms with Crippen molar-refractivity contribution in [1.29, 1.82) is 0 Å². The van der Waals surface area contributed by atoms with Crippen molar-refractivity contribution in [2.45, 2.75) is 0 Å². The number of cyclic esters (lactones) is 1. The molecule has 1 aromatic heterocycles. The summed E-state index contributed by atoms with van der Waals surface area (Å²) in [5.74, 6) is -0.370. The average molecular weight is 185 g/mol. The van der Waals surface area contributed by atoms with Gasteiger partial charge in [-0.05, 0) is 10.8 Å². The minimum atomic E-state index is -0.648. The smallest absolute Gasteiger partial charge is 0.414 e. The van der Waals surface area contributed by atoms with Crippen LogP contribution in [0.4, 0.5) is 4.79 Å².